The van der Waals surface area contributed by atoms with Crippen LogP contribution in [-0.4, -0.2) is 47.7 Å². The Labute approximate surface area is 117 Å². The van der Waals surface area contributed by atoms with Gasteiger partial charge in [0.05, 0.1) is 12.7 Å². The maximum atomic E-state index is 6.13. The minimum Gasteiger partial charge on any atom is -0.377 e. The van der Waals surface area contributed by atoms with Gasteiger partial charge >= 0.3 is 0 Å². The first kappa shape index (κ1) is 14.7. The molecule has 2 fully saturated rings. The summed E-state index contributed by atoms with van der Waals surface area (Å²) in [6, 6.07) is 0.705. The van der Waals surface area contributed by atoms with Crippen molar-refractivity contribution in [2.75, 3.05) is 25.4 Å². The number of thioether (sulfide) groups is 1. The van der Waals surface area contributed by atoms with Crippen molar-refractivity contribution in [3.05, 3.63) is 0 Å². The third-order valence-electron chi connectivity index (χ3n) is 4.76. The summed E-state index contributed by atoms with van der Waals surface area (Å²) in [7, 11) is 0. The Balaban J connectivity index is 1.68. The molecule has 0 aromatic rings. The molecule has 0 amide bonds. The summed E-state index contributed by atoms with van der Waals surface area (Å²) in [4.78, 5) is 2.61. The van der Waals surface area contributed by atoms with Crippen molar-refractivity contribution in [2.24, 2.45) is 5.92 Å². The number of rotatable bonds is 4. The fraction of sp³-hybridized carbons (Fsp3) is 1.00. The topological polar surface area (TPSA) is 12.5 Å². The van der Waals surface area contributed by atoms with E-state index in [0.717, 1.165) is 24.3 Å². The molecule has 106 valence electrons. The van der Waals surface area contributed by atoms with E-state index in [2.05, 4.69) is 37.4 Å². The highest BCUT2D eigenvalue weighted by molar-refractivity contribution is 8.00. The lowest BCUT2D eigenvalue weighted by molar-refractivity contribution is -0.0168. The molecule has 18 heavy (non-hydrogen) atoms. The molecule has 0 radical (unpaired) electrons. The molecule has 0 aromatic carbocycles. The molecule has 4 unspecified atom stereocenters. The Morgan fingerprint density at radius 3 is 2.72 bits per heavy atom. The van der Waals surface area contributed by atoms with Crippen LogP contribution in [0, 0.1) is 5.92 Å². The molecular formula is C15H29NOS. The third-order valence-corrected chi connectivity index (χ3v) is 6.10. The molecule has 3 heteroatoms. The van der Waals surface area contributed by atoms with Gasteiger partial charge in [-0.15, -0.1) is 0 Å². The summed E-state index contributed by atoms with van der Waals surface area (Å²) in [5.74, 6) is 2.05. The Morgan fingerprint density at radius 2 is 1.94 bits per heavy atom. The van der Waals surface area contributed by atoms with E-state index in [4.69, 9.17) is 4.74 Å². The van der Waals surface area contributed by atoms with Crippen molar-refractivity contribution in [1.29, 1.82) is 0 Å². The van der Waals surface area contributed by atoms with Gasteiger partial charge in [-0.2, -0.15) is 11.8 Å². The number of ether oxygens (including phenoxy) is 1. The smallest absolute Gasteiger partial charge is 0.0601 e. The number of nitrogens with zero attached hydrogens (tertiary/aromatic N) is 1. The minimum atomic E-state index is 0.533. The first-order valence-electron chi connectivity index (χ1n) is 7.65. The maximum Gasteiger partial charge on any atom is 0.0601 e. The van der Waals surface area contributed by atoms with Gasteiger partial charge in [0.1, 0.15) is 0 Å². The number of hydrogen-bond acceptors (Lipinski definition) is 3. The Bertz CT molecular complexity index is 249. The SMILES string of the molecule is CC1CCCCC1OCCN1CCSC(C)C1C. The second-order valence-corrected chi connectivity index (χ2v) is 7.51. The predicted molar refractivity (Wildman–Crippen MR) is 80.3 cm³/mol. The van der Waals surface area contributed by atoms with Gasteiger partial charge in [0.25, 0.3) is 0 Å². The number of hydrogen-bond donors (Lipinski definition) is 0. The van der Waals surface area contributed by atoms with Gasteiger partial charge in [-0.25, -0.2) is 0 Å². The van der Waals surface area contributed by atoms with Crippen LogP contribution in [0.2, 0.25) is 0 Å². The van der Waals surface area contributed by atoms with Crippen molar-refractivity contribution in [2.45, 2.75) is 63.9 Å². The zero-order valence-corrected chi connectivity index (χ0v) is 13.0. The zero-order chi connectivity index (χ0) is 13.0. The molecule has 0 N–H and O–H groups in total. The van der Waals surface area contributed by atoms with E-state index in [1.165, 1.54) is 38.0 Å². The van der Waals surface area contributed by atoms with Crippen LogP contribution in [-0.2, 0) is 4.74 Å². The van der Waals surface area contributed by atoms with Gasteiger partial charge in [0.2, 0.25) is 0 Å². The fourth-order valence-corrected chi connectivity index (χ4v) is 4.32. The molecule has 0 aromatic heterocycles. The van der Waals surface area contributed by atoms with E-state index >= 15 is 0 Å². The summed E-state index contributed by atoms with van der Waals surface area (Å²) in [6.07, 6.45) is 5.94. The third kappa shape index (κ3) is 3.88. The Morgan fingerprint density at radius 1 is 1.17 bits per heavy atom. The van der Waals surface area contributed by atoms with Gasteiger partial charge < -0.3 is 4.74 Å². The monoisotopic (exact) mass is 271 g/mol. The molecule has 0 spiro atoms. The standard InChI is InChI=1S/C15H29NOS/c1-12-6-4-5-7-15(12)17-10-8-16-9-11-18-14(3)13(16)2/h12-15H,4-11H2,1-3H3. The summed E-state index contributed by atoms with van der Waals surface area (Å²) >= 11 is 2.11. The van der Waals surface area contributed by atoms with Crippen molar-refractivity contribution in [3.8, 4) is 0 Å². The molecule has 1 aliphatic carbocycles. The van der Waals surface area contributed by atoms with E-state index in [-0.39, 0.29) is 0 Å². The van der Waals surface area contributed by atoms with Gasteiger partial charge in [-0.1, -0.05) is 26.7 Å². The van der Waals surface area contributed by atoms with E-state index in [1.807, 2.05) is 0 Å². The van der Waals surface area contributed by atoms with Gasteiger partial charge in [0.15, 0.2) is 0 Å². The lowest BCUT2D eigenvalue weighted by Gasteiger charge is -2.38. The highest BCUT2D eigenvalue weighted by atomic mass is 32.2. The van der Waals surface area contributed by atoms with Crippen LogP contribution >= 0.6 is 11.8 Å². The first-order valence-corrected chi connectivity index (χ1v) is 8.70. The summed E-state index contributed by atoms with van der Waals surface area (Å²) in [5.41, 5.74) is 0. The second kappa shape index (κ2) is 7.16. The van der Waals surface area contributed by atoms with Crippen LogP contribution in [0.4, 0.5) is 0 Å². The summed E-state index contributed by atoms with van der Waals surface area (Å²) < 4.78 is 6.13. The summed E-state index contributed by atoms with van der Waals surface area (Å²) in [5, 5.41) is 0.771. The average molecular weight is 271 g/mol. The lowest BCUT2D eigenvalue weighted by atomic mass is 9.88. The lowest BCUT2D eigenvalue weighted by Crippen LogP contribution is -2.46. The Kier molecular flexibility index (Phi) is 5.84. The fourth-order valence-electron chi connectivity index (χ4n) is 3.16. The van der Waals surface area contributed by atoms with Crippen LogP contribution < -0.4 is 0 Å². The second-order valence-electron chi connectivity index (χ2n) is 6.02. The zero-order valence-electron chi connectivity index (χ0n) is 12.2. The van der Waals surface area contributed by atoms with E-state index in [9.17, 15) is 0 Å². The van der Waals surface area contributed by atoms with E-state index < -0.39 is 0 Å². The molecular weight excluding hydrogens is 242 g/mol. The molecule has 0 bridgehead atoms. The van der Waals surface area contributed by atoms with Crippen LogP contribution in [0.15, 0.2) is 0 Å². The Hall–Kier alpha value is 0.270. The molecule has 1 aliphatic heterocycles. The average Bonchev–Trinajstić information content (AvgIpc) is 2.37. The predicted octanol–water partition coefficient (Wildman–Crippen LogP) is 3.41. The molecule has 1 saturated carbocycles. The molecule has 1 heterocycles. The van der Waals surface area contributed by atoms with E-state index in [0.29, 0.717) is 12.1 Å². The first-order chi connectivity index (χ1) is 8.68. The van der Waals surface area contributed by atoms with Crippen LogP contribution in [0.5, 0.6) is 0 Å². The maximum absolute atomic E-state index is 6.13. The van der Waals surface area contributed by atoms with Crippen LogP contribution in [0.3, 0.4) is 0 Å². The quantitative estimate of drug-likeness (QED) is 0.777. The molecule has 2 nitrogen and oxygen atoms in total. The van der Waals surface area contributed by atoms with Crippen molar-refractivity contribution in [1.82, 2.24) is 4.90 Å². The molecule has 2 rings (SSSR count). The van der Waals surface area contributed by atoms with Gasteiger partial charge in [-0.05, 0) is 25.7 Å². The molecule has 1 saturated heterocycles. The largest absolute Gasteiger partial charge is 0.377 e. The van der Waals surface area contributed by atoms with Crippen molar-refractivity contribution in [3.63, 3.8) is 0 Å². The normalized spacial score (nSPS) is 38.8. The highest BCUT2D eigenvalue weighted by Gasteiger charge is 2.26. The van der Waals surface area contributed by atoms with Crippen molar-refractivity contribution < 1.29 is 4.74 Å². The van der Waals surface area contributed by atoms with Crippen LogP contribution in [0.25, 0.3) is 0 Å². The van der Waals surface area contributed by atoms with Gasteiger partial charge in [0, 0.05) is 30.1 Å². The molecule has 2 aliphatic rings. The highest BCUT2D eigenvalue weighted by Crippen LogP contribution is 2.27. The van der Waals surface area contributed by atoms with E-state index in [1.54, 1.807) is 0 Å². The van der Waals surface area contributed by atoms with Crippen molar-refractivity contribution >= 4 is 11.8 Å². The van der Waals surface area contributed by atoms with Gasteiger partial charge in [-0.3, -0.25) is 4.90 Å². The minimum absolute atomic E-state index is 0.533. The molecule has 4 atom stereocenters. The summed E-state index contributed by atoms with van der Waals surface area (Å²) in [6.45, 7) is 10.4. The van der Waals surface area contributed by atoms with Crippen LogP contribution in [0.1, 0.15) is 46.5 Å².